The van der Waals surface area contributed by atoms with Crippen LogP contribution in [-0.2, 0) is 21.7 Å². The highest BCUT2D eigenvalue weighted by molar-refractivity contribution is 5.83. The molecule has 4 heteroatoms. The average molecular weight is 492 g/mol. The monoisotopic (exact) mass is 491 g/mol. The van der Waals surface area contributed by atoms with E-state index in [1.165, 1.54) is 10.8 Å². The van der Waals surface area contributed by atoms with Crippen molar-refractivity contribution < 1.29 is 14.3 Å². The van der Waals surface area contributed by atoms with Crippen molar-refractivity contribution in [2.45, 2.75) is 58.5 Å². The first-order chi connectivity index (χ1) is 17.8. The number of fused-ring (bicyclic) bond motifs is 2. The van der Waals surface area contributed by atoms with Crippen LogP contribution in [0.1, 0.15) is 45.4 Å². The summed E-state index contributed by atoms with van der Waals surface area (Å²) in [7, 11) is 0. The molecule has 2 aliphatic rings. The highest BCUT2D eigenvalue weighted by Crippen LogP contribution is 2.49. The van der Waals surface area contributed by atoms with Gasteiger partial charge in [-0.3, -0.25) is 4.90 Å². The first-order valence-electron chi connectivity index (χ1n) is 13.1. The Bertz CT molecular complexity index is 1410. The van der Waals surface area contributed by atoms with E-state index in [9.17, 15) is 4.79 Å². The zero-order chi connectivity index (χ0) is 25.7. The lowest BCUT2D eigenvalue weighted by molar-refractivity contribution is 0.0241. The lowest BCUT2D eigenvalue weighted by Crippen LogP contribution is -2.41. The van der Waals surface area contributed by atoms with Crippen molar-refractivity contribution in [3.05, 3.63) is 118 Å². The molecular weight excluding hydrogens is 458 g/mol. The van der Waals surface area contributed by atoms with Crippen LogP contribution in [-0.4, -0.2) is 29.7 Å². The first kappa shape index (κ1) is 23.7. The molecule has 4 nitrogen and oxygen atoms in total. The molecule has 0 aliphatic carbocycles. The zero-order valence-electron chi connectivity index (χ0n) is 22.0. The Labute approximate surface area is 218 Å². The van der Waals surface area contributed by atoms with Crippen molar-refractivity contribution in [1.82, 2.24) is 4.90 Å². The highest BCUT2D eigenvalue weighted by atomic mass is 16.6. The summed E-state index contributed by atoms with van der Waals surface area (Å²) in [6.07, 6.45) is 0.403. The van der Waals surface area contributed by atoms with Gasteiger partial charge in [0.15, 0.2) is 5.60 Å². The van der Waals surface area contributed by atoms with E-state index in [1.54, 1.807) is 0 Å². The number of amides is 1. The van der Waals surface area contributed by atoms with Crippen LogP contribution in [0, 0.1) is 27.7 Å². The summed E-state index contributed by atoms with van der Waals surface area (Å²) in [6.45, 7) is 9.46. The fourth-order valence-corrected chi connectivity index (χ4v) is 6.36. The molecule has 0 spiro atoms. The van der Waals surface area contributed by atoms with Crippen molar-refractivity contribution in [1.29, 1.82) is 0 Å². The molecule has 2 fully saturated rings. The number of benzene rings is 4. The van der Waals surface area contributed by atoms with Crippen LogP contribution >= 0.6 is 0 Å². The van der Waals surface area contributed by atoms with Gasteiger partial charge in [0, 0.05) is 17.5 Å². The number of rotatable bonds is 5. The van der Waals surface area contributed by atoms with Gasteiger partial charge in [-0.25, -0.2) is 4.79 Å². The van der Waals surface area contributed by atoms with Gasteiger partial charge < -0.3 is 9.47 Å². The van der Waals surface area contributed by atoms with E-state index >= 15 is 0 Å². The summed E-state index contributed by atoms with van der Waals surface area (Å²) in [5.41, 5.74) is 6.99. The third-order valence-electron chi connectivity index (χ3n) is 7.82. The molecule has 0 bridgehead atoms. The van der Waals surface area contributed by atoms with Crippen LogP contribution in [0.15, 0.2) is 78.9 Å². The Morgan fingerprint density at radius 3 is 2.03 bits per heavy atom. The van der Waals surface area contributed by atoms with E-state index in [-0.39, 0.29) is 18.2 Å². The summed E-state index contributed by atoms with van der Waals surface area (Å²) in [4.78, 5) is 15.3. The van der Waals surface area contributed by atoms with E-state index in [0.29, 0.717) is 13.2 Å². The van der Waals surface area contributed by atoms with Gasteiger partial charge in [0.25, 0.3) is 0 Å². The quantitative estimate of drug-likeness (QED) is 0.298. The molecule has 2 heterocycles. The molecule has 2 aliphatic heterocycles. The molecule has 188 valence electrons. The van der Waals surface area contributed by atoms with Crippen molar-refractivity contribution in [3.8, 4) is 0 Å². The van der Waals surface area contributed by atoms with Crippen molar-refractivity contribution in [3.63, 3.8) is 0 Å². The summed E-state index contributed by atoms with van der Waals surface area (Å²) in [5.74, 6) is 0. The van der Waals surface area contributed by atoms with Gasteiger partial charge in [-0.1, -0.05) is 95.1 Å². The normalized spacial score (nSPS) is 20.3. The Morgan fingerprint density at radius 1 is 0.811 bits per heavy atom. The molecule has 6 rings (SSSR count). The number of hydrogen-bond acceptors (Lipinski definition) is 3. The van der Waals surface area contributed by atoms with Gasteiger partial charge in [0.2, 0.25) is 0 Å². The fraction of sp³-hybridized carbons (Fsp3) is 0.303. The van der Waals surface area contributed by atoms with Gasteiger partial charge in [-0.2, -0.15) is 0 Å². The largest absolute Gasteiger partial charge is 0.431 e. The molecule has 2 atom stereocenters. The van der Waals surface area contributed by atoms with Gasteiger partial charge in [0.05, 0.1) is 25.3 Å². The summed E-state index contributed by atoms with van der Waals surface area (Å²) in [6, 6.07) is 27.7. The summed E-state index contributed by atoms with van der Waals surface area (Å²) >= 11 is 0. The number of cyclic esters (lactones) is 1. The van der Waals surface area contributed by atoms with Crippen LogP contribution in [0.5, 0.6) is 0 Å². The second-order valence-electron chi connectivity index (χ2n) is 10.9. The third-order valence-corrected chi connectivity index (χ3v) is 7.82. The van der Waals surface area contributed by atoms with Crippen LogP contribution in [0.25, 0.3) is 10.8 Å². The SMILES string of the molecule is Cc1cc(C)cc(C2(c3cc(C)cc(C)c3)OC(=O)N3C[C@H](OCc4ccc5ccccc5c4)C[C@@H]32)c1. The van der Waals surface area contributed by atoms with Crippen LogP contribution in [0.4, 0.5) is 4.79 Å². The van der Waals surface area contributed by atoms with E-state index in [4.69, 9.17) is 9.47 Å². The van der Waals surface area contributed by atoms with Crippen molar-refractivity contribution in [2.24, 2.45) is 0 Å². The standard InChI is InChI=1S/C33H33NO3/c1-21-11-22(2)14-28(13-21)33(29-15-23(3)12-24(4)16-29)31-18-30(19-34(31)32(35)37-33)36-20-25-9-10-26-7-5-6-8-27(26)17-25/h5-17,30-31H,18-20H2,1-4H3/t30-,31-/m1/s1. The topological polar surface area (TPSA) is 38.8 Å². The van der Waals surface area contributed by atoms with Gasteiger partial charge in [0.1, 0.15) is 0 Å². The fourth-order valence-electron chi connectivity index (χ4n) is 6.36. The molecule has 1 amide bonds. The molecule has 37 heavy (non-hydrogen) atoms. The summed E-state index contributed by atoms with van der Waals surface area (Å²) in [5, 5.41) is 2.44. The van der Waals surface area contributed by atoms with Gasteiger partial charge in [-0.05, 0) is 50.1 Å². The number of hydrogen-bond donors (Lipinski definition) is 0. The zero-order valence-corrected chi connectivity index (χ0v) is 22.0. The second kappa shape index (κ2) is 9.04. The first-order valence-corrected chi connectivity index (χ1v) is 13.1. The molecule has 0 N–H and O–H groups in total. The number of ether oxygens (including phenoxy) is 2. The minimum Gasteiger partial charge on any atom is -0.431 e. The maximum Gasteiger partial charge on any atom is 0.411 e. The molecule has 0 saturated carbocycles. The summed E-state index contributed by atoms with van der Waals surface area (Å²) < 4.78 is 12.8. The lowest BCUT2D eigenvalue weighted by Gasteiger charge is -2.34. The molecule has 2 saturated heterocycles. The van der Waals surface area contributed by atoms with Crippen molar-refractivity contribution >= 4 is 16.9 Å². The second-order valence-corrected chi connectivity index (χ2v) is 10.9. The van der Waals surface area contributed by atoms with Crippen LogP contribution in [0.3, 0.4) is 0 Å². The number of carbonyl (C=O) groups excluding carboxylic acids is 1. The average Bonchev–Trinajstić information content (AvgIpc) is 3.40. The highest BCUT2D eigenvalue weighted by Gasteiger charge is 2.60. The number of carbonyl (C=O) groups is 1. The number of aryl methyl sites for hydroxylation is 4. The molecule has 4 aromatic rings. The Hall–Kier alpha value is -3.63. The van der Waals surface area contributed by atoms with E-state index in [0.717, 1.165) is 45.4 Å². The van der Waals surface area contributed by atoms with Crippen LogP contribution < -0.4 is 0 Å². The molecule has 0 unspecified atom stereocenters. The smallest absolute Gasteiger partial charge is 0.411 e. The molecular formula is C33H33NO3. The van der Waals surface area contributed by atoms with E-state index < -0.39 is 5.60 Å². The van der Waals surface area contributed by atoms with Crippen LogP contribution in [0.2, 0.25) is 0 Å². The van der Waals surface area contributed by atoms with E-state index in [2.05, 4.69) is 107 Å². The minimum absolute atomic E-state index is 0.0551. The van der Waals surface area contributed by atoms with Gasteiger partial charge >= 0.3 is 6.09 Å². The predicted molar refractivity (Wildman–Crippen MR) is 147 cm³/mol. The lowest BCUT2D eigenvalue weighted by atomic mass is 9.77. The molecule has 4 aromatic carbocycles. The maximum atomic E-state index is 13.4. The molecule has 0 aromatic heterocycles. The third kappa shape index (κ3) is 4.19. The Morgan fingerprint density at radius 2 is 1.41 bits per heavy atom. The van der Waals surface area contributed by atoms with Gasteiger partial charge in [-0.15, -0.1) is 0 Å². The minimum atomic E-state index is -0.869. The number of nitrogens with zero attached hydrogens (tertiary/aromatic N) is 1. The maximum absolute atomic E-state index is 13.4. The molecule has 0 radical (unpaired) electrons. The van der Waals surface area contributed by atoms with Crippen molar-refractivity contribution in [2.75, 3.05) is 6.54 Å². The predicted octanol–water partition coefficient (Wildman–Crippen LogP) is 7.13. The van der Waals surface area contributed by atoms with E-state index in [1.807, 2.05) is 4.90 Å². The Kier molecular flexibility index (Phi) is 5.80. The Balaban J connectivity index is 1.34.